The van der Waals surface area contributed by atoms with Gasteiger partial charge in [-0.05, 0) is 61.5 Å². The molecule has 7 heteroatoms. The number of hydrogen-bond donors (Lipinski definition) is 1. The zero-order valence-corrected chi connectivity index (χ0v) is 23.3. The number of methoxy groups -OCH3 is 1. The van der Waals surface area contributed by atoms with E-state index in [2.05, 4.69) is 46.5 Å². The SMILES string of the molecule is COc1ccc2nc(C(=O)[C@H]3CC[C@H](O)CC3)n(CC(=O)N(CCC(C)(C)C)CCC(C)(C)C)c2c1. The first-order valence-electron chi connectivity index (χ1n) is 13.3. The number of ketones is 1. The van der Waals surface area contributed by atoms with E-state index in [1.807, 2.05) is 23.1 Å². The number of amides is 1. The number of imidazole rings is 1. The van der Waals surface area contributed by atoms with Crippen LogP contribution in [0, 0.1) is 16.7 Å². The highest BCUT2D eigenvalue weighted by molar-refractivity contribution is 5.99. The molecule has 0 spiro atoms. The van der Waals surface area contributed by atoms with E-state index in [9.17, 15) is 14.7 Å². The molecule has 7 nitrogen and oxygen atoms in total. The first-order valence-corrected chi connectivity index (χ1v) is 13.3. The Labute approximate surface area is 216 Å². The van der Waals surface area contributed by atoms with Crippen molar-refractivity contribution in [2.75, 3.05) is 20.2 Å². The van der Waals surface area contributed by atoms with Crippen LogP contribution in [-0.2, 0) is 11.3 Å². The van der Waals surface area contributed by atoms with Gasteiger partial charge in [-0.25, -0.2) is 4.98 Å². The zero-order valence-electron chi connectivity index (χ0n) is 23.3. The molecule has 0 bridgehead atoms. The summed E-state index contributed by atoms with van der Waals surface area (Å²) in [6, 6.07) is 5.52. The van der Waals surface area contributed by atoms with Gasteiger partial charge < -0.3 is 19.3 Å². The lowest BCUT2D eigenvalue weighted by molar-refractivity contribution is -0.132. The Kier molecular flexibility index (Phi) is 8.86. The number of aromatic nitrogens is 2. The third-order valence-electron chi connectivity index (χ3n) is 7.15. The van der Waals surface area contributed by atoms with Gasteiger partial charge in [0.15, 0.2) is 5.82 Å². The average molecular weight is 500 g/mol. The second-order valence-electron chi connectivity index (χ2n) is 12.7. The van der Waals surface area contributed by atoms with Gasteiger partial charge in [0.25, 0.3) is 0 Å². The molecule has 0 radical (unpaired) electrons. The molecule has 0 atom stereocenters. The number of nitrogens with zero attached hydrogens (tertiary/aromatic N) is 3. The molecule has 1 fully saturated rings. The number of carbonyl (C=O) groups excluding carboxylic acids is 2. The topological polar surface area (TPSA) is 84.7 Å². The lowest BCUT2D eigenvalue weighted by Crippen LogP contribution is -2.38. The Morgan fingerprint density at radius 3 is 2.14 bits per heavy atom. The second kappa shape index (κ2) is 11.3. The van der Waals surface area contributed by atoms with Crippen LogP contribution in [0.5, 0.6) is 5.75 Å². The van der Waals surface area contributed by atoms with Crippen LogP contribution in [0.3, 0.4) is 0 Å². The van der Waals surface area contributed by atoms with E-state index < -0.39 is 0 Å². The maximum atomic E-state index is 13.7. The van der Waals surface area contributed by atoms with Gasteiger partial charge in [-0.15, -0.1) is 0 Å². The van der Waals surface area contributed by atoms with Crippen molar-refractivity contribution >= 4 is 22.7 Å². The molecule has 0 aliphatic heterocycles. The number of Topliss-reactive ketones (excluding diaryl/α,β-unsaturated/α-hetero) is 1. The van der Waals surface area contributed by atoms with Gasteiger partial charge in [0.05, 0.1) is 24.2 Å². The third-order valence-corrected chi connectivity index (χ3v) is 7.15. The van der Waals surface area contributed by atoms with Crippen molar-refractivity contribution < 1.29 is 19.4 Å². The van der Waals surface area contributed by atoms with E-state index in [-0.39, 0.29) is 41.1 Å². The summed E-state index contributed by atoms with van der Waals surface area (Å²) in [4.78, 5) is 34.0. The van der Waals surface area contributed by atoms with Crippen LogP contribution in [0.4, 0.5) is 0 Å². The van der Waals surface area contributed by atoms with E-state index in [0.717, 1.165) is 18.4 Å². The predicted molar refractivity (Wildman–Crippen MR) is 143 cm³/mol. The van der Waals surface area contributed by atoms with Crippen LogP contribution in [0.15, 0.2) is 18.2 Å². The van der Waals surface area contributed by atoms with Gasteiger partial charge in [-0.3, -0.25) is 9.59 Å². The van der Waals surface area contributed by atoms with E-state index in [4.69, 9.17) is 4.74 Å². The largest absolute Gasteiger partial charge is 0.497 e. The van der Waals surface area contributed by atoms with E-state index in [1.54, 1.807) is 11.7 Å². The summed E-state index contributed by atoms with van der Waals surface area (Å²) >= 11 is 0. The Hall–Kier alpha value is -2.41. The number of rotatable bonds is 9. The Balaban J connectivity index is 1.94. The molecule has 1 N–H and O–H groups in total. The number of benzene rings is 1. The minimum Gasteiger partial charge on any atom is -0.497 e. The fourth-order valence-corrected chi connectivity index (χ4v) is 4.64. The summed E-state index contributed by atoms with van der Waals surface area (Å²) in [5.41, 5.74) is 1.64. The summed E-state index contributed by atoms with van der Waals surface area (Å²) < 4.78 is 7.22. The van der Waals surface area contributed by atoms with Gasteiger partial charge in [-0.1, -0.05) is 41.5 Å². The Morgan fingerprint density at radius 1 is 1.03 bits per heavy atom. The number of carbonyl (C=O) groups is 2. The lowest BCUT2D eigenvalue weighted by Gasteiger charge is -2.30. The quantitative estimate of drug-likeness (QED) is 0.462. The van der Waals surface area contributed by atoms with Gasteiger partial charge in [0, 0.05) is 25.1 Å². The first-order chi connectivity index (χ1) is 16.8. The number of ether oxygens (including phenoxy) is 1. The molecule has 1 aliphatic rings. The molecule has 1 amide bonds. The number of fused-ring (bicyclic) bond motifs is 1. The molecule has 3 rings (SSSR count). The highest BCUT2D eigenvalue weighted by Crippen LogP contribution is 2.30. The van der Waals surface area contributed by atoms with Crippen molar-refractivity contribution in [3.8, 4) is 5.75 Å². The van der Waals surface area contributed by atoms with Crippen molar-refractivity contribution in [1.82, 2.24) is 14.5 Å². The molecule has 0 unspecified atom stereocenters. The second-order valence-corrected chi connectivity index (χ2v) is 12.7. The van der Waals surface area contributed by atoms with Gasteiger partial charge in [0.2, 0.25) is 11.7 Å². The maximum Gasteiger partial charge on any atom is 0.242 e. The predicted octanol–water partition coefficient (Wildman–Crippen LogP) is 5.48. The van der Waals surface area contributed by atoms with Gasteiger partial charge in [-0.2, -0.15) is 0 Å². The summed E-state index contributed by atoms with van der Waals surface area (Å²) in [6.45, 7) is 14.5. The highest BCUT2D eigenvalue weighted by atomic mass is 16.5. The van der Waals surface area contributed by atoms with Gasteiger partial charge >= 0.3 is 0 Å². The van der Waals surface area contributed by atoms with Crippen molar-refractivity contribution in [2.45, 2.75) is 92.7 Å². The van der Waals surface area contributed by atoms with E-state index >= 15 is 0 Å². The Bertz CT molecular complexity index is 1030. The molecule has 1 heterocycles. The summed E-state index contributed by atoms with van der Waals surface area (Å²) in [6.07, 6.45) is 3.99. The molecular formula is C29H45N3O4. The van der Waals surface area contributed by atoms with Gasteiger partial charge in [0.1, 0.15) is 12.3 Å². The monoisotopic (exact) mass is 499 g/mol. The van der Waals surface area contributed by atoms with Crippen molar-refractivity contribution in [1.29, 1.82) is 0 Å². The minimum absolute atomic E-state index is 0.00117. The smallest absolute Gasteiger partial charge is 0.242 e. The highest BCUT2D eigenvalue weighted by Gasteiger charge is 2.31. The molecule has 36 heavy (non-hydrogen) atoms. The standard InChI is InChI=1S/C29H45N3O4/c1-28(2,3)14-16-31(17-15-29(4,5)6)25(34)19-32-24-18-22(36-7)12-13-23(24)30-27(32)26(35)20-8-10-21(33)11-9-20/h12-13,18,20-21,33H,8-11,14-17,19H2,1-7H3/t20-,21-. The molecule has 1 aliphatic carbocycles. The van der Waals surface area contributed by atoms with Crippen LogP contribution in [0.1, 0.15) is 90.7 Å². The molecule has 0 saturated heterocycles. The molecule has 1 aromatic carbocycles. The third kappa shape index (κ3) is 7.55. The van der Waals surface area contributed by atoms with Crippen molar-refractivity contribution in [2.24, 2.45) is 16.7 Å². The maximum absolute atomic E-state index is 13.7. The fraction of sp³-hybridized carbons (Fsp3) is 0.690. The van der Waals surface area contributed by atoms with Crippen LogP contribution in [-0.4, -0.2) is 57.6 Å². The minimum atomic E-state index is -0.335. The number of aliphatic hydroxyl groups is 1. The average Bonchev–Trinajstić information content (AvgIpc) is 3.15. The number of aliphatic hydroxyl groups excluding tert-OH is 1. The zero-order chi connectivity index (χ0) is 26.7. The molecule has 200 valence electrons. The molecule has 1 saturated carbocycles. The summed E-state index contributed by atoms with van der Waals surface area (Å²) in [7, 11) is 1.60. The van der Waals surface area contributed by atoms with Crippen LogP contribution in [0.25, 0.3) is 11.0 Å². The summed E-state index contributed by atoms with van der Waals surface area (Å²) in [5, 5.41) is 9.91. The van der Waals surface area contributed by atoms with E-state index in [0.29, 0.717) is 55.9 Å². The van der Waals surface area contributed by atoms with Crippen LogP contribution < -0.4 is 4.74 Å². The van der Waals surface area contributed by atoms with Crippen molar-refractivity contribution in [3.05, 3.63) is 24.0 Å². The first kappa shape index (κ1) is 28.2. The Morgan fingerprint density at radius 2 is 1.61 bits per heavy atom. The summed E-state index contributed by atoms with van der Waals surface area (Å²) in [5.74, 6) is 0.770. The molecule has 2 aromatic rings. The van der Waals surface area contributed by atoms with Crippen LogP contribution >= 0.6 is 0 Å². The van der Waals surface area contributed by atoms with E-state index in [1.165, 1.54) is 0 Å². The fourth-order valence-electron chi connectivity index (χ4n) is 4.64. The molecular weight excluding hydrogens is 454 g/mol. The van der Waals surface area contributed by atoms with Crippen molar-refractivity contribution in [3.63, 3.8) is 0 Å². The molecule has 1 aromatic heterocycles. The normalized spacial score (nSPS) is 18.9. The lowest BCUT2D eigenvalue weighted by atomic mass is 9.84. The van der Waals surface area contributed by atoms with Crippen LogP contribution in [0.2, 0.25) is 0 Å². The number of hydrogen-bond acceptors (Lipinski definition) is 5.